The second-order valence-electron chi connectivity index (χ2n) is 5.17. The van der Waals surface area contributed by atoms with E-state index in [1.165, 1.54) is 12.0 Å². The van der Waals surface area contributed by atoms with Crippen LogP contribution in [0.3, 0.4) is 0 Å². The summed E-state index contributed by atoms with van der Waals surface area (Å²) in [7, 11) is 1.21. The van der Waals surface area contributed by atoms with Gasteiger partial charge in [0.1, 0.15) is 17.4 Å². The monoisotopic (exact) mass is 333 g/mol. The maximum Gasteiger partial charge on any atom is 0.348 e. The number of rotatable bonds is 2. The molecule has 24 heavy (non-hydrogen) atoms. The topological polar surface area (TPSA) is 55.8 Å². The van der Waals surface area contributed by atoms with Crippen LogP contribution in [-0.2, 0) is 9.53 Å². The average molecular weight is 333 g/mol. The van der Waals surface area contributed by atoms with Gasteiger partial charge in [-0.25, -0.2) is 13.6 Å². The highest BCUT2D eigenvalue weighted by Crippen LogP contribution is 2.34. The number of amides is 1. The summed E-state index contributed by atoms with van der Waals surface area (Å²) in [5.41, 5.74) is 0.250. The smallest absolute Gasteiger partial charge is 0.348 e. The molecule has 1 heterocycles. The molecule has 0 fully saturated rings. The Kier molecular flexibility index (Phi) is 4.16. The zero-order valence-corrected chi connectivity index (χ0v) is 12.7. The quantitative estimate of drug-likeness (QED) is 0.793. The molecular weight excluding hydrogens is 320 g/mol. The third kappa shape index (κ3) is 2.92. The van der Waals surface area contributed by atoms with Crippen LogP contribution in [0.25, 0.3) is 0 Å². The number of para-hydroxylation sites is 2. The van der Waals surface area contributed by atoms with Gasteiger partial charge in [0.05, 0.1) is 19.3 Å². The number of fused-ring (bicyclic) bond motifs is 1. The number of hydrogen-bond acceptors (Lipinski definition) is 4. The van der Waals surface area contributed by atoms with Crippen molar-refractivity contribution in [1.29, 1.82) is 0 Å². The molecule has 0 saturated heterocycles. The molecule has 1 aliphatic heterocycles. The number of carbonyl (C=O) groups excluding carboxylic acids is 2. The van der Waals surface area contributed by atoms with Crippen LogP contribution in [0.1, 0.15) is 10.4 Å². The van der Waals surface area contributed by atoms with Crippen molar-refractivity contribution in [2.45, 2.75) is 6.10 Å². The van der Waals surface area contributed by atoms with Gasteiger partial charge < -0.3 is 14.4 Å². The van der Waals surface area contributed by atoms with E-state index >= 15 is 0 Å². The summed E-state index contributed by atoms with van der Waals surface area (Å²) in [6.07, 6.45) is -1.02. The van der Waals surface area contributed by atoms with Gasteiger partial charge in [0, 0.05) is 11.6 Å². The van der Waals surface area contributed by atoms with Gasteiger partial charge in [0.2, 0.25) is 6.10 Å². The fraction of sp³-hybridized carbons (Fsp3) is 0.176. The van der Waals surface area contributed by atoms with Gasteiger partial charge in [-0.2, -0.15) is 0 Å². The zero-order chi connectivity index (χ0) is 17.3. The van der Waals surface area contributed by atoms with Gasteiger partial charge in [-0.05, 0) is 24.3 Å². The first-order chi connectivity index (χ1) is 11.5. The molecule has 0 saturated carbocycles. The lowest BCUT2D eigenvalue weighted by Gasteiger charge is -2.33. The van der Waals surface area contributed by atoms with Crippen LogP contribution in [0, 0.1) is 11.6 Å². The van der Waals surface area contributed by atoms with E-state index in [9.17, 15) is 18.4 Å². The number of nitrogens with zero attached hydrogens (tertiary/aromatic N) is 1. The molecule has 5 nitrogen and oxygen atoms in total. The van der Waals surface area contributed by atoms with E-state index in [2.05, 4.69) is 4.74 Å². The second-order valence-corrected chi connectivity index (χ2v) is 5.17. The van der Waals surface area contributed by atoms with Crippen molar-refractivity contribution < 1.29 is 27.8 Å². The van der Waals surface area contributed by atoms with E-state index in [4.69, 9.17) is 4.74 Å². The summed E-state index contributed by atoms with van der Waals surface area (Å²) in [5.74, 6) is -2.69. The minimum atomic E-state index is -1.02. The van der Waals surface area contributed by atoms with E-state index in [1.54, 1.807) is 24.3 Å². The second kappa shape index (κ2) is 6.27. The fourth-order valence-corrected chi connectivity index (χ4v) is 2.51. The average Bonchev–Trinajstić information content (AvgIpc) is 2.58. The third-order valence-electron chi connectivity index (χ3n) is 3.59. The summed E-state index contributed by atoms with van der Waals surface area (Å²) in [6, 6.07) is 9.15. The van der Waals surface area contributed by atoms with E-state index in [1.807, 2.05) is 0 Å². The Morgan fingerprint density at radius 3 is 2.50 bits per heavy atom. The maximum absolute atomic E-state index is 13.4. The van der Waals surface area contributed by atoms with E-state index in [-0.39, 0.29) is 12.1 Å². The summed E-state index contributed by atoms with van der Waals surface area (Å²) in [6.45, 7) is -0.124. The molecule has 0 bridgehead atoms. The molecule has 2 aromatic carbocycles. The predicted octanol–water partition coefficient (Wildman–Crippen LogP) is 2.55. The van der Waals surface area contributed by atoms with Gasteiger partial charge in [0.15, 0.2) is 0 Å². The summed E-state index contributed by atoms with van der Waals surface area (Å²) in [5, 5.41) is 0. The molecule has 0 aromatic heterocycles. The Morgan fingerprint density at radius 1 is 1.17 bits per heavy atom. The molecule has 1 amide bonds. The summed E-state index contributed by atoms with van der Waals surface area (Å²) >= 11 is 0. The Morgan fingerprint density at radius 2 is 1.83 bits per heavy atom. The highest BCUT2D eigenvalue weighted by molar-refractivity contribution is 6.07. The van der Waals surface area contributed by atoms with Crippen LogP contribution in [0.5, 0.6) is 5.75 Å². The van der Waals surface area contributed by atoms with Crippen LogP contribution in [-0.4, -0.2) is 31.6 Å². The lowest BCUT2D eigenvalue weighted by molar-refractivity contribution is -0.148. The minimum Gasteiger partial charge on any atom is -0.475 e. The molecule has 3 rings (SSSR count). The van der Waals surface area contributed by atoms with Crippen molar-refractivity contribution in [1.82, 2.24) is 0 Å². The molecule has 0 unspecified atom stereocenters. The van der Waals surface area contributed by atoms with Crippen LogP contribution in [0.2, 0.25) is 0 Å². The van der Waals surface area contributed by atoms with Crippen molar-refractivity contribution in [3.05, 3.63) is 59.7 Å². The van der Waals surface area contributed by atoms with Crippen molar-refractivity contribution in [2.75, 3.05) is 18.6 Å². The molecular formula is C17H13F2NO4. The number of carbonyl (C=O) groups is 2. The van der Waals surface area contributed by atoms with Crippen LogP contribution < -0.4 is 9.64 Å². The van der Waals surface area contributed by atoms with Gasteiger partial charge >= 0.3 is 5.97 Å². The van der Waals surface area contributed by atoms with Crippen molar-refractivity contribution in [3.63, 3.8) is 0 Å². The van der Waals surface area contributed by atoms with E-state index in [0.29, 0.717) is 17.5 Å². The molecule has 0 N–H and O–H groups in total. The summed E-state index contributed by atoms with van der Waals surface area (Å²) < 4.78 is 37.0. The Labute approximate surface area is 136 Å². The fourth-order valence-electron chi connectivity index (χ4n) is 2.51. The number of halogens is 2. The molecule has 124 valence electrons. The van der Waals surface area contributed by atoms with Crippen LogP contribution >= 0.6 is 0 Å². The lowest BCUT2D eigenvalue weighted by atomic mass is 10.1. The zero-order valence-electron chi connectivity index (χ0n) is 12.7. The van der Waals surface area contributed by atoms with E-state index < -0.39 is 29.6 Å². The number of esters is 1. The number of ether oxygens (including phenoxy) is 2. The molecule has 7 heteroatoms. The standard InChI is InChI=1S/C17H13F2NO4/c1-23-17(22)15-9-20(13-4-2-3-5-14(13)24-15)16(21)10-6-11(18)8-12(19)7-10/h2-8,15H,9H2,1H3/t15-/m0/s1. The number of anilines is 1. The minimum absolute atomic E-state index is 0.124. The van der Waals surface area contributed by atoms with Crippen molar-refractivity contribution in [2.24, 2.45) is 0 Å². The molecule has 1 aliphatic rings. The normalized spacial score (nSPS) is 16.1. The lowest BCUT2D eigenvalue weighted by Crippen LogP contribution is -2.47. The highest BCUT2D eigenvalue weighted by Gasteiger charge is 2.35. The van der Waals surface area contributed by atoms with E-state index in [0.717, 1.165) is 12.1 Å². The third-order valence-corrected chi connectivity index (χ3v) is 3.59. The number of methoxy groups -OCH3 is 1. The van der Waals surface area contributed by atoms with Crippen LogP contribution in [0.15, 0.2) is 42.5 Å². The Balaban J connectivity index is 2.01. The largest absolute Gasteiger partial charge is 0.475 e. The summed E-state index contributed by atoms with van der Waals surface area (Å²) in [4.78, 5) is 25.7. The molecule has 0 radical (unpaired) electrons. The first kappa shape index (κ1) is 15.9. The van der Waals surface area contributed by atoms with Gasteiger partial charge in [0.25, 0.3) is 5.91 Å². The molecule has 0 spiro atoms. The van der Waals surface area contributed by atoms with Gasteiger partial charge in [-0.15, -0.1) is 0 Å². The van der Waals surface area contributed by atoms with Crippen molar-refractivity contribution in [3.8, 4) is 5.75 Å². The number of hydrogen-bond donors (Lipinski definition) is 0. The molecule has 1 atom stereocenters. The van der Waals surface area contributed by atoms with Gasteiger partial charge in [-0.1, -0.05) is 12.1 Å². The SMILES string of the molecule is COC(=O)[C@@H]1CN(C(=O)c2cc(F)cc(F)c2)c2ccccc2O1. The molecule has 2 aromatic rings. The molecule has 0 aliphatic carbocycles. The van der Waals surface area contributed by atoms with Crippen molar-refractivity contribution >= 4 is 17.6 Å². The first-order valence-corrected chi connectivity index (χ1v) is 7.11. The number of benzene rings is 2. The van der Waals surface area contributed by atoms with Gasteiger partial charge in [-0.3, -0.25) is 4.79 Å². The Bertz CT molecular complexity index is 789. The predicted molar refractivity (Wildman–Crippen MR) is 80.9 cm³/mol. The maximum atomic E-state index is 13.4. The first-order valence-electron chi connectivity index (χ1n) is 7.11. The Hall–Kier alpha value is -2.96. The highest BCUT2D eigenvalue weighted by atomic mass is 19.1. The van der Waals surface area contributed by atoms with Crippen LogP contribution in [0.4, 0.5) is 14.5 Å².